The monoisotopic (exact) mass is 369 g/mol. The molecular weight excluding hydrogens is 342 g/mol. The van der Waals surface area contributed by atoms with Crippen LogP contribution in [-0.4, -0.2) is 48.9 Å². The molecule has 0 radical (unpaired) electrons. The van der Waals surface area contributed by atoms with Gasteiger partial charge in [0, 0.05) is 19.5 Å². The van der Waals surface area contributed by atoms with Crippen molar-refractivity contribution < 1.29 is 19.4 Å². The van der Waals surface area contributed by atoms with E-state index in [1.807, 2.05) is 0 Å². The van der Waals surface area contributed by atoms with E-state index in [-0.39, 0.29) is 5.56 Å². The Kier molecular flexibility index (Phi) is 6.85. The molecule has 144 valence electrons. The Balaban J connectivity index is 1.91. The molecule has 27 heavy (non-hydrogen) atoms. The summed E-state index contributed by atoms with van der Waals surface area (Å²) in [4.78, 5) is 13.8. The predicted octanol–water partition coefficient (Wildman–Crippen LogP) is 3.60. The summed E-state index contributed by atoms with van der Waals surface area (Å²) < 4.78 is 11.6. The standard InChI is InChI=1S/C22H27NO4/c1-2-8-23-9-10-26-11-12-27-21-7-6-19(22(24)25)15-20(21)14-17-4-3-5-18(13-17)16-23/h3-7,13,15H,2,8-12,14,16H2,1H3,(H,24,25). The van der Waals surface area contributed by atoms with Gasteiger partial charge in [0.25, 0.3) is 0 Å². The van der Waals surface area contributed by atoms with E-state index in [0.29, 0.717) is 26.2 Å². The van der Waals surface area contributed by atoms with E-state index in [1.54, 1.807) is 18.2 Å². The Morgan fingerprint density at radius 2 is 1.96 bits per heavy atom. The van der Waals surface area contributed by atoms with Gasteiger partial charge in [0.2, 0.25) is 0 Å². The molecule has 2 bridgehead atoms. The van der Waals surface area contributed by atoms with Gasteiger partial charge in [-0.25, -0.2) is 4.79 Å². The van der Waals surface area contributed by atoms with Crippen LogP contribution in [0.2, 0.25) is 0 Å². The first-order valence-electron chi connectivity index (χ1n) is 9.52. The second-order valence-electron chi connectivity index (χ2n) is 6.86. The van der Waals surface area contributed by atoms with E-state index in [2.05, 4.69) is 36.1 Å². The molecule has 0 atom stereocenters. The molecule has 1 aliphatic heterocycles. The molecular formula is C22H27NO4. The molecule has 0 saturated heterocycles. The maximum Gasteiger partial charge on any atom is 0.335 e. The van der Waals surface area contributed by atoms with Crippen LogP contribution in [0.1, 0.15) is 40.4 Å². The second kappa shape index (κ2) is 9.53. The Bertz CT molecular complexity index is 775. The highest BCUT2D eigenvalue weighted by molar-refractivity contribution is 5.88. The fraction of sp³-hybridized carbons (Fsp3) is 0.409. The molecule has 0 amide bonds. The van der Waals surface area contributed by atoms with Crippen LogP contribution in [0.5, 0.6) is 5.75 Å². The van der Waals surface area contributed by atoms with Crippen LogP contribution in [0.3, 0.4) is 0 Å². The summed E-state index contributed by atoms with van der Waals surface area (Å²) in [6.07, 6.45) is 1.74. The lowest BCUT2D eigenvalue weighted by Gasteiger charge is -2.22. The molecule has 2 aromatic carbocycles. The van der Waals surface area contributed by atoms with Crippen molar-refractivity contribution >= 4 is 5.97 Å². The van der Waals surface area contributed by atoms with Gasteiger partial charge >= 0.3 is 5.97 Å². The molecule has 0 aromatic heterocycles. The van der Waals surface area contributed by atoms with Crippen LogP contribution in [0.25, 0.3) is 0 Å². The summed E-state index contributed by atoms with van der Waals surface area (Å²) in [5.74, 6) is -0.205. The van der Waals surface area contributed by atoms with Gasteiger partial charge in [-0.3, -0.25) is 4.90 Å². The lowest BCUT2D eigenvalue weighted by atomic mass is 10.00. The maximum absolute atomic E-state index is 11.4. The molecule has 0 aliphatic carbocycles. The lowest BCUT2D eigenvalue weighted by Crippen LogP contribution is -2.28. The van der Waals surface area contributed by atoms with Crippen LogP contribution in [-0.2, 0) is 17.7 Å². The van der Waals surface area contributed by atoms with Crippen molar-refractivity contribution in [2.45, 2.75) is 26.3 Å². The third-order valence-electron chi connectivity index (χ3n) is 4.68. The van der Waals surface area contributed by atoms with E-state index in [4.69, 9.17) is 9.47 Å². The highest BCUT2D eigenvalue weighted by Gasteiger charge is 2.12. The van der Waals surface area contributed by atoms with Gasteiger partial charge in [0.1, 0.15) is 12.4 Å². The van der Waals surface area contributed by atoms with Crippen LogP contribution in [0, 0.1) is 0 Å². The third kappa shape index (κ3) is 5.55. The number of hydrogen-bond acceptors (Lipinski definition) is 4. The molecule has 0 saturated carbocycles. The Morgan fingerprint density at radius 1 is 1.11 bits per heavy atom. The number of nitrogens with zero attached hydrogens (tertiary/aromatic N) is 1. The fourth-order valence-corrected chi connectivity index (χ4v) is 3.40. The molecule has 0 unspecified atom stereocenters. The summed E-state index contributed by atoms with van der Waals surface area (Å²) in [7, 11) is 0. The summed E-state index contributed by atoms with van der Waals surface area (Å²) in [6.45, 7) is 6.66. The van der Waals surface area contributed by atoms with Gasteiger partial charge in [-0.1, -0.05) is 31.2 Å². The first kappa shape index (κ1) is 19.4. The molecule has 0 fully saturated rings. The average Bonchev–Trinajstić information content (AvgIpc) is 2.65. The van der Waals surface area contributed by atoms with E-state index in [9.17, 15) is 9.90 Å². The predicted molar refractivity (Wildman–Crippen MR) is 105 cm³/mol. The summed E-state index contributed by atoms with van der Waals surface area (Å²) in [5, 5.41) is 9.32. The van der Waals surface area contributed by atoms with E-state index < -0.39 is 5.97 Å². The summed E-state index contributed by atoms with van der Waals surface area (Å²) >= 11 is 0. The molecule has 5 nitrogen and oxygen atoms in total. The fourth-order valence-electron chi connectivity index (χ4n) is 3.40. The minimum Gasteiger partial charge on any atom is -0.491 e. The maximum atomic E-state index is 11.4. The van der Waals surface area contributed by atoms with Gasteiger partial charge in [0.15, 0.2) is 0 Å². The minimum atomic E-state index is -0.926. The topological polar surface area (TPSA) is 59.0 Å². The minimum absolute atomic E-state index is 0.278. The number of carboxylic acids is 1. The Labute approximate surface area is 160 Å². The Hall–Kier alpha value is -2.37. The quantitative estimate of drug-likeness (QED) is 0.896. The zero-order chi connectivity index (χ0) is 19.1. The SMILES string of the molecule is CCCN1CCOCCOc2ccc(C(=O)O)cc2Cc2cccc(c2)C1. The summed E-state index contributed by atoms with van der Waals surface area (Å²) in [5.41, 5.74) is 3.58. The third-order valence-corrected chi connectivity index (χ3v) is 4.68. The molecule has 1 N–H and O–H groups in total. The van der Waals surface area contributed by atoms with Gasteiger partial charge in [-0.2, -0.15) is 0 Å². The van der Waals surface area contributed by atoms with Crippen molar-refractivity contribution in [1.29, 1.82) is 0 Å². The van der Waals surface area contributed by atoms with Crippen LogP contribution >= 0.6 is 0 Å². The zero-order valence-electron chi connectivity index (χ0n) is 15.8. The van der Waals surface area contributed by atoms with Gasteiger partial charge < -0.3 is 14.6 Å². The van der Waals surface area contributed by atoms with Gasteiger partial charge in [-0.15, -0.1) is 0 Å². The molecule has 2 aromatic rings. The number of carboxylic acid groups (broad SMARTS) is 1. The number of ether oxygens (including phenoxy) is 2. The molecule has 1 aliphatic rings. The van der Waals surface area contributed by atoms with Crippen molar-refractivity contribution in [1.82, 2.24) is 4.90 Å². The molecule has 1 heterocycles. The van der Waals surface area contributed by atoms with E-state index >= 15 is 0 Å². The van der Waals surface area contributed by atoms with Crippen LogP contribution in [0.4, 0.5) is 0 Å². The number of fused-ring (bicyclic) bond motifs is 3. The zero-order valence-corrected chi connectivity index (χ0v) is 15.8. The van der Waals surface area contributed by atoms with Crippen molar-refractivity contribution in [3.05, 3.63) is 64.7 Å². The summed E-state index contributed by atoms with van der Waals surface area (Å²) in [6, 6.07) is 13.5. The molecule has 5 heteroatoms. The molecule has 0 spiro atoms. The number of benzene rings is 2. The number of hydrogen-bond donors (Lipinski definition) is 1. The second-order valence-corrected chi connectivity index (χ2v) is 6.86. The largest absolute Gasteiger partial charge is 0.491 e. The van der Waals surface area contributed by atoms with Crippen LogP contribution in [0.15, 0.2) is 42.5 Å². The van der Waals surface area contributed by atoms with E-state index in [1.165, 1.54) is 5.56 Å². The first-order valence-corrected chi connectivity index (χ1v) is 9.52. The smallest absolute Gasteiger partial charge is 0.335 e. The van der Waals surface area contributed by atoms with Crippen LogP contribution < -0.4 is 4.74 Å². The van der Waals surface area contributed by atoms with Crippen molar-refractivity contribution in [2.75, 3.05) is 32.9 Å². The van der Waals surface area contributed by atoms with Gasteiger partial charge in [-0.05, 0) is 47.9 Å². The normalized spacial score (nSPS) is 16.0. The number of rotatable bonds is 3. The highest BCUT2D eigenvalue weighted by atomic mass is 16.5. The van der Waals surface area contributed by atoms with Crippen molar-refractivity contribution in [2.24, 2.45) is 0 Å². The van der Waals surface area contributed by atoms with Crippen molar-refractivity contribution in [3.8, 4) is 5.75 Å². The Morgan fingerprint density at radius 3 is 2.78 bits per heavy atom. The lowest BCUT2D eigenvalue weighted by molar-refractivity contribution is 0.0696. The first-order chi connectivity index (χ1) is 13.2. The highest BCUT2D eigenvalue weighted by Crippen LogP contribution is 2.24. The average molecular weight is 369 g/mol. The number of aromatic carboxylic acids is 1. The van der Waals surface area contributed by atoms with Crippen molar-refractivity contribution in [3.63, 3.8) is 0 Å². The number of carbonyl (C=O) groups is 1. The van der Waals surface area contributed by atoms with E-state index in [0.717, 1.165) is 42.9 Å². The van der Waals surface area contributed by atoms with Gasteiger partial charge in [0.05, 0.1) is 18.8 Å². The molecule has 3 rings (SSSR count).